The van der Waals surface area contributed by atoms with Crippen molar-refractivity contribution in [2.45, 2.75) is 37.3 Å². The molecule has 1 fully saturated rings. The lowest BCUT2D eigenvalue weighted by Gasteiger charge is -2.39. The number of Topliss-reactive ketones (excluding diaryl/α,β-unsaturated/α-hetero) is 1. The minimum absolute atomic E-state index is 0.254. The van der Waals surface area contributed by atoms with Crippen LogP contribution in [0.5, 0.6) is 0 Å². The summed E-state index contributed by atoms with van der Waals surface area (Å²) < 4.78 is 28.8. The van der Waals surface area contributed by atoms with Crippen molar-refractivity contribution in [3.8, 4) is 0 Å². The number of carbonyl (C=O) groups is 1. The maximum atomic E-state index is 14.5. The zero-order valence-corrected chi connectivity index (χ0v) is 14.5. The van der Waals surface area contributed by atoms with Gasteiger partial charge in [-0.3, -0.25) is 9.69 Å². The highest BCUT2D eigenvalue weighted by atomic mass is 19.1. The van der Waals surface area contributed by atoms with E-state index >= 15 is 0 Å². The fraction of sp³-hybridized carbons (Fsp3) is 0.381. The van der Waals surface area contributed by atoms with Crippen LogP contribution in [0.2, 0.25) is 0 Å². The van der Waals surface area contributed by atoms with Crippen LogP contribution >= 0.6 is 0 Å². The number of hydrogen-bond acceptors (Lipinski definition) is 3. The van der Waals surface area contributed by atoms with Gasteiger partial charge in [-0.1, -0.05) is 60.7 Å². The number of halogens is 2. The summed E-state index contributed by atoms with van der Waals surface area (Å²) in [6, 6.07) is 17.4. The van der Waals surface area contributed by atoms with Crippen LogP contribution in [-0.2, 0) is 5.60 Å². The minimum atomic E-state index is -1.87. The summed E-state index contributed by atoms with van der Waals surface area (Å²) in [6.07, 6.45) is -3.15. The zero-order valence-electron chi connectivity index (χ0n) is 14.5. The summed E-state index contributed by atoms with van der Waals surface area (Å²) in [7, 11) is 0. The van der Waals surface area contributed by atoms with Crippen LogP contribution in [0.4, 0.5) is 8.78 Å². The first-order chi connectivity index (χ1) is 12.5. The molecule has 2 aromatic rings. The molecule has 1 N–H and O–H groups in total. The summed E-state index contributed by atoms with van der Waals surface area (Å²) in [6.45, 7) is 0.637. The highest BCUT2D eigenvalue weighted by molar-refractivity contribution is 5.99. The second-order valence-corrected chi connectivity index (χ2v) is 6.80. The standard InChI is InChI=1S/C21H23F2NO2/c22-18(20(25)16-7-3-1-4-8-16)15-19(23)24-13-11-21(26,12-14-24)17-9-5-2-6-10-17/h1-10,18-19,26H,11-15H2. The fourth-order valence-electron chi connectivity index (χ4n) is 3.42. The molecular formula is C21H23F2NO2. The quantitative estimate of drug-likeness (QED) is 0.629. The molecule has 2 atom stereocenters. The van der Waals surface area contributed by atoms with Crippen molar-refractivity contribution in [1.29, 1.82) is 0 Å². The second kappa shape index (κ2) is 8.06. The van der Waals surface area contributed by atoms with Crippen LogP contribution < -0.4 is 0 Å². The maximum absolute atomic E-state index is 14.5. The number of rotatable bonds is 6. The van der Waals surface area contributed by atoms with Gasteiger partial charge in [0.05, 0.1) is 5.60 Å². The van der Waals surface area contributed by atoms with E-state index < -0.39 is 30.3 Å². The molecule has 0 aromatic heterocycles. The van der Waals surface area contributed by atoms with Gasteiger partial charge in [0.25, 0.3) is 0 Å². The fourth-order valence-corrected chi connectivity index (χ4v) is 3.42. The molecule has 26 heavy (non-hydrogen) atoms. The van der Waals surface area contributed by atoms with Gasteiger partial charge >= 0.3 is 0 Å². The number of likely N-dealkylation sites (tertiary alicyclic amines) is 1. The Hall–Kier alpha value is -2.11. The van der Waals surface area contributed by atoms with Crippen LogP contribution in [0.15, 0.2) is 60.7 Å². The van der Waals surface area contributed by atoms with E-state index in [2.05, 4.69) is 0 Å². The lowest BCUT2D eigenvalue weighted by molar-refractivity contribution is -0.0586. The monoisotopic (exact) mass is 359 g/mol. The normalized spacial score (nSPS) is 19.7. The first kappa shape index (κ1) is 18.7. The van der Waals surface area contributed by atoms with E-state index in [9.17, 15) is 18.7 Å². The lowest BCUT2D eigenvalue weighted by Crippen LogP contribution is -2.46. The van der Waals surface area contributed by atoms with E-state index in [0.29, 0.717) is 25.9 Å². The van der Waals surface area contributed by atoms with Crippen LogP contribution in [0.1, 0.15) is 35.2 Å². The maximum Gasteiger partial charge on any atom is 0.197 e. The van der Waals surface area contributed by atoms with Crippen molar-refractivity contribution in [2.24, 2.45) is 0 Å². The highest BCUT2D eigenvalue weighted by Gasteiger charge is 2.37. The van der Waals surface area contributed by atoms with Crippen molar-refractivity contribution >= 4 is 5.78 Å². The number of nitrogens with zero attached hydrogens (tertiary/aromatic N) is 1. The first-order valence-electron chi connectivity index (χ1n) is 8.89. The van der Waals surface area contributed by atoms with Crippen molar-refractivity contribution < 1.29 is 18.7 Å². The summed E-state index contributed by atoms with van der Waals surface area (Å²) in [4.78, 5) is 13.6. The number of aliphatic hydroxyl groups is 1. The van der Waals surface area contributed by atoms with E-state index in [0.717, 1.165) is 5.56 Å². The third-order valence-corrected chi connectivity index (χ3v) is 5.08. The Bertz CT molecular complexity index is 715. The molecule has 1 aliphatic rings. The molecule has 1 aliphatic heterocycles. The molecule has 0 bridgehead atoms. The molecule has 0 amide bonds. The third kappa shape index (κ3) is 4.17. The number of piperidine rings is 1. The SMILES string of the molecule is O=C(c1ccccc1)C(F)CC(F)N1CCC(O)(c2ccccc2)CC1. The van der Waals surface area contributed by atoms with Gasteiger partial charge in [0, 0.05) is 25.1 Å². The molecule has 1 heterocycles. The van der Waals surface area contributed by atoms with Gasteiger partial charge in [-0.05, 0) is 18.4 Å². The van der Waals surface area contributed by atoms with Crippen LogP contribution in [0, 0.1) is 0 Å². The molecule has 5 heteroatoms. The smallest absolute Gasteiger partial charge is 0.197 e. The van der Waals surface area contributed by atoms with E-state index in [1.54, 1.807) is 18.2 Å². The van der Waals surface area contributed by atoms with Gasteiger partial charge in [0.2, 0.25) is 0 Å². The van der Waals surface area contributed by atoms with Gasteiger partial charge in [-0.15, -0.1) is 0 Å². The number of alkyl halides is 2. The van der Waals surface area contributed by atoms with Crippen molar-refractivity contribution in [2.75, 3.05) is 13.1 Å². The molecule has 3 rings (SSSR count). The van der Waals surface area contributed by atoms with Crippen LogP contribution in [-0.4, -0.2) is 41.3 Å². The Morgan fingerprint density at radius 2 is 1.54 bits per heavy atom. The van der Waals surface area contributed by atoms with Gasteiger partial charge in [0.15, 0.2) is 18.3 Å². The molecule has 2 unspecified atom stereocenters. The van der Waals surface area contributed by atoms with Crippen LogP contribution in [0.3, 0.4) is 0 Å². The van der Waals surface area contributed by atoms with Crippen molar-refractivity contribution in [1.82, 2.24) is 4.90 Å². The van der Waals surface area contributed by atoms with Gasteiger partial charge in [-0.2, -0.15) is 0 Å². The number of carbonyl (C=O) groups excluding carboxylic acids is 1. The molecule has 0 radical (unpaired) electrons. The van der Waals surface area contributed by atoms with E-state index in [4.69, 9.17) is 0 Å². The number of hydrogen-bond donors (Lipinski definition) is 1. The predicted molar refractivity (Wildman–Crippen MR) is 96.3 cm³/mol. The summed E-state index contributed by atoms with van der Waals surface area (Å²) in [5.41, 5.74) is 0.0916. The molecule has 0 spiro atoms. The average molecular weight is 359 g/mol. The summed E-state index contributed by atoms with van der Waals surface area (Å²) in [5, 5.41) is 10.8. The number of ketones is 1. The summed E-state index contributed by atoms with van der Waals surface area (Å²) in [5.74, 6) is -0.689. The van der Waals surface area contributed by atoms with Crippen molar-refractivity contribution in [3.05, 3.63) is 71.8 Å². The molecule has 0 saturated carbocycles. The van der Waals surface area contributed by atoms with Gasteiger partial charge in [0.1, 0.15) is 0 Å². The Morgan fingerprint density at radius 1 is 1.00 bits per heavy atom. The van der Waals surface area contributed by atoms with Gasteiger partial charge < -0.3 is 5.11 Å². The Balaban J connectivity index is 1.55. The van der Waals surface area contributed by atoms with E-state index in [1.807, 2.05) is 30.3 Å². The Kier molecular flexibility index (Phi) is 5.79. The molecule has 3 nitrogen and oxygen atoms in total. The zero-order chi connectivity index (χ0) is 18.6. The summed E-state index contributed by atoms with van der Waals surface area (Å²) >= 11 is 0. The molecule has 2 aromatic carbocycles. The molecule has 0 aliphatic carbocycles. The topological polar surface area (TPSA) is 40.5 Å². The second-order valence-electron chi connectivity index (χ2n) is 6.80. The predicted octanol–water partition coefficient (Wildman–Crippen LogP) is 3.88. The highest BCUT2D eigenvalue weighted by Crippen LogP contribution is 2.34. The largest absolute Gasteiger partial charge is 0.385 e. The molecular weight excluding hydrogens is 336 g/mol. The Morgan fingerprint density at radius 3 is 2.12 bits per heavy atom. The molecule has 1 saturated heterocycles. The first-order valence-corrected chi connectivity index (χ1v) is 8.89. The number of benzene rings is 2. The average Bonchev–Trinajstić information content (AvgIpc) is 2.69. The van der Waals surface area contributed by atoms with Gasteiger partial charge in [-0.25, -0.2) is 8.78 Å². The third-order valence-electron chi connectivity index (χ3n) is 5.08. The van der Waals surface area contributed by atoms with E-state index in [1.165, 1.54) is 17.0 Å². The van der Waals surface area contributed by atoms with Crippen molar-refractivity contribution in [3.63, 3.8) is 0 Å². The lowest BCUT2D eigenvalue weighted by atomic mass is 9.84. The Labute approximate surface area is 152 Å². The molecule has 138 valence electrons. The van der Waals surface area contributed by atoms with Crippen LogP contribution in [0.25, 0.3) is 0 Å². The van der Waals surface area contributed by atoms with E-state index in [-0.39, 0.29) is 5.56 Å². The minimum Gasteiger partial charge on any atom is -0.385 e.